The number of benzene rings is 4. The molecule has 0 fully saturated rings. The number of hydrogen-bond donors (Lipinski definition) is 12. The Morgan fingerprint density at radius 3 is 0.769 bits per heavy atom. The maximum absolute atomic E-state index is 9.73. The Morgan fingerprint density at radius 2 is 0.554 bits per heavy atom. The van der Waals surface area contributed by atoms with Crippen LogP contribution in [0.1, 0.15) is 47.9 Å². The van der Waals surface area contributed by atoms with Gasteiger partial charge in [0.15, 0.2) is 0 Å². The molecule has 4 aromatic carbocycles. The first-order valence-electron chi connectivity index (χ1n) is 22.5. The second-order valence-corrected chi connectivity index (χ2v) is 16.1. The van der Waals surface area contributed by atoms with E-state index in [9.17, 15) is 40.2 Å². The van der Waals surface area contributed by atoms with Gasteiger partial charge in [-0.25, -0.2) is 0 Å². The standard InChI is InChI=1S/C45H68B4N4O12/c54-46(55)41-17-5-1-13-37(41)29-50-21-9-25-62-33-45(34-63-26-10-22-51-30-38-14-2-6-18-42(38)47(56)57,35-64-27-11-23-52-31-39-15-3-7-19-43(39)48(58)59)36-65-28-12-24-53-32-40-16-4-8-20-44(40)49(60)61/h1-8,13-20,50-61H,9-12,21-36H2. The van der Waals surface area contributed by atoms with Crippen molar-refractivity contribution in [3.05, 3.63) is 119 Å². The number of rotatable bonds is 36. The maximum Gasteiger partial charge on any atom is 0.488 e. The van der Waals surface area contributed by atoms with Crippen molar-refractivity contribution in [3.8, 4) is 0 Å². The highest BCUT2D eigenvalue weighted by atomic mass is 16.5. The summed E-state index contributed by atoms with van der Waals surface area (Å²) in [5, 5.41) is 91.3. The molecular formula is C45H68B4N4O12. The van der Waals surface area contributed by atoms with Crippen LogP contribution in [0, 0.1) is 5.41 Å². The minimum atomic E-state index is -1.54. The van der Waals surface area contributed by atoms with Crippen LogP contribution in [0.3, 0.4) is 0 Å². The van der Waals surface area contributed by atoms with Gasteiger partial charge in [0.25, 0.3) is 0 Å². The van der Waals surface area contributed by atoms with E-state index in [0.717, 1.165) is 22.3 Å². The van der Waals surface area contributed by atoms with Crippen molar-refractivity contribution in [1.82, 2.24) is 21.3 Å². The molecule has 352 valence electrons. The van der Waals surface area contributed by atoms with Gasteiger partial charge < -0.3 is 80.4 Å². The van der Waals surface area contributed by atoms with Crippen LogP contribution in [0.15, 0.2) is 97.1 Å². The smallest absolute Gasteiger partial charge is 0.423 e. The third kappa shape index (κ3) is 20.5. The van der Waals surface area contributed by atoms with Crippen LogP contribution in [-0.2, 0) is 45.1 Å². The minimum absolute atomic E-state index is 0.308. The van der Waals surface area contributed by atoms with Gasteiger partial charge in [0.2, 0.25) is 0 Å². The first-order chi connectivity index (χ1) is 31.6. The Labute approximate surface area is 385 Å². The monoisotopic (exact) mass is 901 g/mol. The minimum Gasteiger partial charge on any atom is -0.423 e. The van der Waals surface area contributed by atoms with Gasteiger partial charge in [-0.05, 0) is 96.0 Å². The van der Waals surface area contributed by atoms with E-state index < -0.39 is 33.9 Å². The van der Waals surface area contributed by atoms with Gasteiger partial charge in [-0.3, -0.25) is 0 Å². The van der Waals surface area contributed by atoms with Gasteiger partial charge in [0.1, 0.15) is 0 Å². The summed E-state index contributed by atoms with van der Waals surface area (Å²) in [5.74, 6) is 0. The average molecular weight is 900 g/mol. The Balaban J connectivity index is 1.32. The third-order valence-corrected chi connectivity index (χ3v) is 10.8. The summed E-state index contributed by atoms with van der Waals surface area (Å²) >= 11 is 0. The molecule has 65 heavy (non-hydrogen) atoms. The molecule has 0 aliphatic carbocycles. The lowest BCUT2D eigenvalue weighted by Crippen LogP contribution is -2.42. The first kappa shape index (κ1) is 54.1. The van der Waals surface area contributed by atoms with Crippen molar-refractivity contribution in [2.75, 3.05) is 79.0 Å². The zero-order valence-corrected chi connectivity index (χ0v) is 37.4. The Kier molecular flexibility index (Phi) is 26.2. The number of hydrogen-bond acceptors (Lipinski definition) is 16. The molecule has 0 spiro atoms. The lowest BCUT2D eigenvalue weighted by molar-refractivity contribution is -0.107. The zero-order valence-electron chi connectivity index (χ0n) is 37.4. The Bertz CT molecular complexity index is 1620. The molecular weight excluding hydrogens is 832 g/mol. The van der Waals surface area contributed by atoms with Crippen LogP contribution in [-0.4, -0.2) is 148 Å². The highest BCUT2D eigenvalue weighted by Crippen LogP contribution is 2.21. The Morgan fingerprint density at radius 1 is 0.338 bits per heavy atom. The van der Waals surface area contributed by atoms with E-state index in [1.165, 1.54) is 0 Å². The van der Waals surface area contributed by atoms with Gasteiger partial charge in [-0.2, -0.15) is 0 Å². The molecule has 0 aliphatic heterocycles. The van der Waals surface area contributed by atoms with Gasteiger partial charge in [-0.1, -0.05) is 97.1 Å². The van der Waals surface area contributed by atoms with Crippen molar-refractivity contribution in [2.45, 2.75) is 51.9 Å². The van der Waals surface area contributed by atoms with Gasteiger partial charge >= 0.3 is 28.5 Å². The van der Waals surface area contributed by atoms with Gasteiger partial charge in [0, 0.05) is 52.6 Å². The summed E-state index contributed by atoms with van der Waals surface area (Å²) in [6, 6.07) is 28.7. The van der Waals surface area contributed by atoms with Crippen molar-refractivity contribution >= 4 is 50.3 Å². The fourth-order valence-electron chi connectivity index (χ4n) is 7.28. The summed E-state index contributed by atoms with van der Waals surface area (Å²) in [6.45, 7) is 7.54. The van der Waals surface area contributed by atoms with E-state index in [2.05, 4.69) is 21.3 Å². The predicted molar refractivity (Wildman–Crippen MR) is 256 cm³/mol. The molecule has 4 aromatic rings. The summed E-state index contributed by atoms with van der Waals surface area (Å²) in [4.78, 5) is 0. The molecule has 0 saturated heterocycles. The molecule has 12 N–H and O–H groups in total. The molecule has 0 saturated carbocycles. The van der Waals surface area contributed by atoms with Crippen molar-refractivity contribution < 1.29 is 59.1 Å². The number of ether oxygens (including phenoxy) is 4. The van der Waals surface area contributed by atoms with E-state index in [1.807, 2.05) is 48.5 Å². The SMILES string of the molecule is OB(O)c1ccccc1CNCCCOCC(COCCCNCc1ccccc1B(O)O)(COCCCNCc1ccccc1B(O)O)COCCCNCc1ccccc1B(O)O. The summed E-state index contributed by atoms with van der Waals surface area (Å²) < 4.78 is 25.3. The highest BCUT2D eigenvalue weighted by molar-refractivity contribution is 6.60. The lowest BCUT2D eigenvalue weighted by Gasteiger charge is -2.33. The molecule has 0 heterocycles. The molecule has 4 rings (SSSR count). The molecule has 0 aliphatic rings. The molecule has 0 unspecified atom stereocenters. The normalized spacial score (nSPS) is 11.6. The van der Waals surface area contributed by atoms with E-state index >= 15 is 0 Å². The maximum atomic E-state index is 9.73. The van der Waals surface area contributed by atoms with Crippen LogP contribution in [0.25, 0.3) is 0 Å². The van der Waals surface area contributed by atoms with Crippen LogP contribution < -0.4 is 43.1 Å². The number of nitrogens with one attached hydrogen (secondary N) is 4. The Hall–Kier alpha value is -3.50. The topological polar surface area (TPSA) is 247 Å². The summed E-state index contributed by atoms with van der Waals surface area (Å²) in [5.41, 5.74) is 4.46. The van der Waals surface area contributed by atoms with Crippen molar-refractivity contribution in [3.63, 3.8) is 0 Å². The molecule has 0 atom stereocenters. The molecule has 0 bridgehead atoms. The van der Waals surface area contributed by atoms with E-state index in [-0.39, 0.29) is 0 Å². The second kappa shape index (κ2) is 31.5. The first-order valence-corrected chi connectivity index (χ1v) is 22.5. The van der Waals surface area contributed by atoms with E-state index in [0.29, 0.717) is 153 Å². The molecule has 0 amide bonds. The van der Waals surface area contributed by atoms with Crippen LogP contribution >= 0.6 is 0 Å². The second-order valence-electron chi connectivity index (χ2n) is 16.1. The largest absolute Gasteiger partial charge is 0.488 e. The molecule has 0 aromatic heterocycles. The third-order valence-electron chi connectivity index (χ3n) is 10.8. The van der Waals surface area contributed by atoms with E-state index in [4.69, 9.17) is 18.9 Å². The molecule has 0 radical (unpaired) electrons. The fourth-order valence-corrected chi connectivity index (χ4v) is 7.28. The lowest BCUT2D eigenvalue weighted by atomic mass is 9.77. The van der Waals surface area contributed by atoms with Crippen molar-refractivity contribution in [2.24, 2.45) is 5.41 Å². The van der Waals surface area contributed by atoms with Crippen LogP contribution in [0.5, 0.6) is 0 Å². The zero-order chi connectivity index (χ0) is 46.5. The highest BCUT2D eigenvalue weighted by Gasteiger charge is 2.33. The van der Waals surface area contributed by atoms with Crippen LogP contribution in [0.4, 0.5) is 0 Å². The van der Waals surface area contributed by atoms with Crippen LogP contribution in [0.2, 0.25) is 0 Å². The van der Waals surface area contributed by atoms with Gasteiger partial charge in [-0.15, -0.1) is 0 Å². The predicted octanol–water partition coefficient (Wildman–Crippen LogP) is -2.52. The fraction of sp³-hybridized carbons (Fsp3) is 0.467. The van der Waals surface area contributed by atoms with Gasteiger partial charge in [0.05, 0.1) is 31.8 Å². The van der Waals surface area contributed by atoms with E-state index in [1.54, 1.807) is 48.5 Å². The summed E-state index contributed by atoms with van der Waals surface area (Å²) in [6.07, 6.45) is 2.81. The summed E-state index contributed by atoms with van der Waals surface area (Å²) in [7, 11) is -6.17. The molecule has 20 heteroatoms. The average Bonchev–Trinajstić information content (AvgIpc) is 3.30. The quantitative estimate of drug-likeness (QED) is 0.0167. The van der Waals surface area contributed by atoms with Crippen molar-refractivity contribution in [1.29, 1.82) is 0 Å². The molecule has 16 nitrogen and oxygen atoms in total.